The minimum absolute atomic E-state index is 0.212. The van der Waals surface area contributed by atoms with Gasteiger partial charge in [0.25, 0.3) is 0 Å². The zero-order valence-electron chi connectivity index (χ0n) is 13.3. The van der Waals surface area contributed by atoms with Crippen molar-refractivity contribution in [2.24, 2.45) is 0 Å². The van der Waals surface area contributed by atoms with Crippen molar-refractivity contribution in [2.45, 2.75) is 11.3 Å². The monoisotopic (exact) mass is 396 g/mol. The summed E-state index contributed by atoms with van der Waals surface area (Å²) in [5.74, 6) is -0.381. The molecule has 1 fully saturated rings. The van der Waals surface area contributed by atoms with Crippen LogP contribution in [-0.4, -0.2) is 27.2 Å². The van der Waals surface area contributed by atoms with Crippen molar-refractivity contribution in [1.29, 1.82) is 0 Å². The Bertz CT molecular complexity index is 977. The van der Waals surface area contributed by atoms with Gasteiger partial charge in [-0.25, -0.2) is 13.2 Å². The molecular weight excluding hydrogens is 383 g/mol. The first-order valence-corrected chi connectivity index (χ1v) is 10.1. The van der Waals surface area contributed by atoms with Crippen molar-refractivity contribution < 1.29 is 17.9 Å². The first kappa shape index (κ1) is 18.0. The van der Waals surface area contributed by atoms with Crippen LogP contribution in [0.25, 0.3) is 5.57 Å². The van der Waals surface area contributed by atoms with E-state index in [4.69, 9.17) is 27.9 Å². The minimum Gasteiger partial charge on any atom is -0.462 e. The van der Waals surface area contributed by atoms with Crippen molar-refractivity contribution in [3.63, 3.8) is 0 Å². The summed E-state index contributed by atoms with van der Waals surface area (Å²) in [7, 11) is -3.30. The number of esters is 1. The van der Waals surface area contributed by atoms with E-state index in [-0.39, 0.29) is 10.9 Å². The van der Waals surface area contributed by atoms with Crippen LogP contribution in [0, 0.1) is 0 Å². The molecule has 0 aliphatic carbocycles. The summed E-state index contributed by atoms with van der Waals surface area (Å²) < 4.78 is 28.4. The molecule has 1 saturated heterocycles. The molecule has 4 nitrogen and oxygen atoms in total. The molecule has 2 aromatic carbocycles. The lowest BCUT2D eigenvalue weighted by molar-refractivity contribution is -0.135. The number of cyclic esters (lactones) is 1. The van der Waals surface area contributed by atoms with Crippen molar-refractivity contribution in [3.8, 4) is 0 Å². The second-order valence-electron chi connectivity index (χ2n) is 5.66. The van der Waals surface area contributed by atoms with Crippen LogP contribution in [0.5, 0.6) is 0 Å². The Morgan fingerprint density at radius 1 is 1.00 bits per heavy atom. The normalized spacial score (nSPS) is 16.7. The summed E-state index contributed by atoms with van der Waals surface area (Å²) in [6.45, 7) is 0.320. The highest BCUT2D eigenvalue weighted by atomic mass is 35.5. The number of halogens is 2. The van der Waals surface area contributed by atoms with Gasteiger partial charge in [0.1, 0.15) is 0 Å². The maximum Gasteiger partial charge on any atom is 0.334 e. The lowest BCUT2D eigenvalue weighted by atomic mass is 9.92. The van der Waals surface area contributed by atoms with Crippen molar-refractivity contribution in [2.75, 3.05) is 12.9 Å². The predicted molar refractivity (Wildman–Crippen MR) is 97.6 cm³/mol. The van der Waals surface area contributed by atoms with Crippen molar-refractivity contribution in [1.82, 2.24) is 0 Å². The summed E-state index contributed by atoms with van der Waals surface area (Å²) in [6, 6.07) is 11.5. The predicted octanol–water partition coefficient (Wildman–Crippen LogP) is 4.15. The highest BCUT2D eigenvalue weighted by Crippen LogP contribution is 2.35. The number of rotatable bonds is 3. The summed E-state index contributed by atoms with van der Waals surface area (Å²) in [5, 5.41) is 0.785. The van der Waals surface area contributed by atoms with Crippen LogP contribution < -0.4 is 0 Å². The van der Waals surface area contributed by atoms with E-state index in [2.05, 4.69) is 0 Å². The number of hydrogen-bond donors (Lipinski definition) is 0. The maximum atomic E-state index is 12.1. The molecule has 3 rings (SSSR count). The quantitative estimate of drug-likeness (QED) is 0.577. The molecule has 0 aromatic heterocycles. The van der Waals surface area contributed by atoms with E-state index in [1.54, 1.807) is 30.3 Å². The van der Waals surface area contributed by atoms with Gasteiger partial charge in [-0.3, -0.25) is 0 Å². The summed E-state index contributed by atoms with van der Waals surface area (Å²) >= 11 is 12.1. The second kappa shape index (κ2) is 6.83. The molecule has 7 heteroatoms. The molecule has 0 bridgehead atoms. The SMILES string of the molecule is CS(=O)(=O)c1ccc(/C(=C2\CCOC2=O)c2ccc(Cl)c(Cl)c2)cc1. The first-order chi connectivity index (χ1) is 11.8. The largest absolute Gasteiger partial charge is 0.462 e. The van der Waals surface area contributed by atoms with Crippen LogP contribution in [0.4, 0.5) is 0 Å². The van der Waals surface area contributed by atoms with Crippen LogP contribution in [0.2, 0.25) is 10.0 Å². The highest BCUT2D eigenvalue weighted by Gasteiger charge is 2.25. The van der Waals surface area contributed by atoms with Gasteiger partial charge in [0, 0.05) is 18.2 Å². The number of ether oxygens (including phenoxy) is 1. The maximum absolute atomic E-state index is 12.1. The average molecular weight is 397 g/mol. The van der Waals surface area contributed by atoms with Gasteiger partial charge in [-0.15, -0.1) is 0 Å². The number of benzene rings is 2. The van der Waals surface area contributed by atoms with E-state index in [0.717, 1.165) is 11.8 Å². The zero-order valence-corrected chi connectivity index (χ0v) is 15.6. The average Bonchev–Trinajstić information content (AvgIpc) is 2.97. The van der Waals surface area contributed by atoms with Crippen LogP contribution in [-0.2, 0) is 19.4 Å². The molecule has 0 amide bonds. The Kier molecular flexibility index (Phi) is 4.91. The molecule has 0 saturated carbocycles. The summed E-state index contributed by atoms with van der Waals surface area (Å²) in [4.78, 5) is 12.3. The Hall–Kier alpha value is -1.82. The minimum atomic E-state index is -3.30. The number of hydrogen-bond acceptors (Lipinski definition) is 4. The molecule has 1 aliphatic heterocycles. The van der Waals surface area contributed by atoms with E-state index in [9.17, 15) is 13.2 Å². The fourth-order valence-corrected chi connectivity index (χ4v) is 3.63. The standard InChI is InChI=1S/C18H14Cl2O4S/c1-25(22,23)13-5-2-11(3-6-13)17(14-8-9-24-18(14)21)12-4-7-15(19)16(20)10-12/h2-7,10H,8-9H2,1H3/b17-14-. The lowest BCUT2D eigenvalue weighted by Gasteiger charge is -2.12. The topological polar surface area (TPSA) is 60.4 Å². The molecule has 1 heterocycles. The van der Waals surface area contributed by atoms with E-state index in [1.807, 2.05) is 0 Å². The Morgan fingerprint density at radius 2 is 1.64 bits per heavy atom. The molecule has 0 unspecified atom stereocenters. The van der Waals surface area contributed by atoms with Crippen molar-refractivity contribution in [3.05, 3.63) is 69.2 Å². The fraction of sp³-hybridized carbons (Fsp3) is 0.167. The third-order valence-electron chi connectivity index (χ3n) is 3.91. The van der Waals surface area contributed by atoms with Gasteiger partial charge < -0.3 is 4.74 Å². The van der Waals surface area contributed by atoms with Crippen LogP contribution in [0.1, 0.15) is 17.5 Å². The molecule has 0 N–H and O–H groups in total. The van der Waals surface area contributed by atoms with Gasteiger partial charge in [0.2, 0.25) is 0 Å². The Morgan fingerprint density at radius 3 is 2.16 bits per heavy atom. The van der Waals surface area contributed by atoms with Crippen LogP contribution in [0.15, 0.2) is 52.9 Å². The van der Waals surface area contributed by atoms with Gasteiger partial charge in [-0.2, -0.15) is 0 Å². The molecule has 0 spiro atoms. The van der Waals surface area contributed by atoms with E-state index in [0.29, 0.717) is 39.8 Å². The van der Waals surface area contributed by atoms with Crippen LogP contribution in [0.3, 0.4) is 0 Å². The number of sulfone groups is 1. The molecule has 1 aliphatic rings. The molecule has 25 heavy (non-hydrogen) atoms. The number of carbonyl (C=O) groups is 1. The van der Waals surface area contributed by atoms with E-state index < -0.39 is 9.84 Å². The van der Waals surface area contributed by atoms with Gasteiger partial charge in [0.15, 0.2) is 9.84 Å². The molecule has 0 radical (unpaired) electrons. The highest BCUT2D eigenvalue weighted by molar-refractivity contribution is 7.90. The third-order valence-corrected chi connectivity index (χ3v) is 5.78. The van der Waals surface area contributed by atoms with Gasteiger partial charge >= 0.3 is 5.97 Å². The molecule has 0 atom stereocenters. The van der Waals surface area contributed by atoms with Gasteiger partial charge in [0.05, 0.1) is 21.5 Å². The van der Waals surface area contributed by atoms with E-state index >= 15 is 0 Å². The lowest BCUT2D eigenvalue weighted by Crippen LogP contribution is -2.02. The fourth-order valence-electron chi connectivity index (χ4n) is 2.70. The first-order valence-electron chi connectivity index (χ1n) is 7.43. The summed E-state index contributed by atoms with van der Waals surface area (Å²) in [6.07, 6.45) is 1.62. The van der Waals surface area contributed by atoms with E-state index in [1.165, 1.54) is 12.1 Å². The summed E-state index contributed by atoms with van der Waals surface area (Å²) in [5.41, 5.74) is 2.63. The second-order valence-corrected chi connectivity index (χ2v) is 8.50. The Labute approximate surface area is 155 Å². The molecular formula is C18H14Cl2O4S. The smallest absolute Gasteiger partial charge is 0.334 e. The molecule has 2 aromatic rings. The third kappa shape index (κ3) is 3.73. The van der Waals surface area contributed by atoms with Crippen molar-refractivity contribution >= 4 is 44.6 Å². The van der Waals surface area contributed by atoms with Gasteiger partial charge in [-0.1, -0.05) is 41.4 Å². The Balaban J connectivity index is 2.19. The van der Waals surface area contributed by atoms with Gasteiger partial charge in [-0.05, 0) is 41.0 Å². The zero-order chi connectivity index (χ0) is 18.2. The number of carbonyl (C=O) groups excluding carboxylic acids is 1. The molecule has 130 valence electrons. The van der Waals surface area contributed by atoms with Crippen LogP contribution >= 0.6 is 23.2 Å².